The number of rotatable bonds is 17. The van der Waals surface area contributed by atoms with E-state index in [2.05, 4.69) is 96.0 Å². The number of aryl methyl sites for hydroxylation is 1. The molecule has 260 valence electrons. The van der Waals surface area contributed by atoms with E-state index in [1.165, 1.54) is 11.4 Å². The zero-order chi connectivity index (χ0) is 34.4. The second-order valence-electron chi connectivity index (χ2n) is 13.1. The number of carbonyl (C=O) groups is 1. The number of nitrogens with zero attached hydrogens (tertiary/aromatic N) is 3. The van der Waals surface area contributed by atoms with Gasteiger partial charge in [0.1, 0.15) is 12.4 Å². The number of hydrogen-bond donors (Lipinski definition) is 1. The van der Waals surface area contributed by atoms with E-state index in [0.29, 0.717) is 19.1 Å². The third-order valence-electron chi connectivity index (χ3n) is 8.54. The van der Waals surface area contributed by atoms with Crippen LogP contribution >= 0.6 is 11.8 Å². The maximum absolute atomic E-state index is 13.7. The lowest BCUT2D eigenvalue weighted by molar-refractivity contribution is -0.112. The van der Waals surface area contributed by atoms with E-state index in [1.54, 1.807) is 11.8 Å². The molecule has 0 atom stereocenters. The van der Waals surface area contributed by atoms with Gasteiger partial charge in [0, 0.05) is 65.7 Å². The molecule has 0 spiro atoms. The molecule has 5 rings (SSSR count). The van der Waals surface area contributed by atoms with Crippen molar-refractivity contribution in [1.29, 1.82) is 0 Å². The Bertz CT molecular complexity index is 1650. The van der Waals surface area contributed by atoms with Crippen molar-refractivity contribution in [2.45, 2.75) is 77.0 Å². The van der Waals surface area contributed by atoms with Crippen molar-refractivity contribution in [1.82, 2.24) is 9.55 Å². The molecule has 0 saturated carbocycles. The maximum atomic E-state index is 13.7. The van der Waals surface area contributed by atoms with Crippen LogP contribution in [-0.4, -0.2) is 48.4 Å². The van der Waals surface area contributed by atoms with Gasteiger partial charge >= 0.3 is 0 Å². The van der Waals surface area contributed by atoms with Gasteiger partial charge in [0.2, 0.25) is 0 Å². The summed E-state index contributed by atoms with van der Waals surface area (Å²) in [5.74, 6) is 2.18. The highest BCUT2D eigenvalue weighted by Gasteiger charge is 2.19. The van der Waals surface area contributed by atoms with Gasteiger partial charge in [-0.25, -0.2) is 4.98 Å². The van der Waals surface area contributed by atoms with Crippen LogP contribution in [0.4, 0.5) is 11.4 Å². The quantitative estimate of drug-likeness (QED) is 0.0885. The first-order valence-corrected chi connectivity index (χ1v) is 18.9. The molecule has 3 aromatic carbocycles. The van der Waals surface area contributed by atoms with E-state index in [-0.39, 0.29) is 5.91 Å². The summed E-state index contributed by atoms with van der Waals surface area (Å²) in [7, 11) is 0. The predicted molar refractivity (Wildman–Crippen MR) is 205 cm³/mol. The van der Waals surface area contributed by atoms with Crippen molar-refractivity contribution in [3.63, 3.8) is 0 Å². The number of hydrogen-bond acceptors (Lipinski definition) is 6. The number of amides is 1. The van der Waals surface area contributed by atoms with Crippen LogP contribution in [0.3, 0.4) is 0 Å². The number of aromatic nitrogens is 2. The van der Waals surface area contributed by atoms with Crippen LogP contribution in [0.15, 0.2) is 89.7 Å². The molecule has 1 N–H and O–H groups in total. The molecule has 0 fully saturated rings. The fraction of sp³-hybridized carbons (Fsp3) is 0.415. The van der Waals surface area contributed by atoms with Crippen molar-refractivity contribution >= 4 is 35.1 Å². The molecule has 8 heteroatoms. The van der Waals surface area contributed by atoms with E-state index in [1.807, 2.05) is 36.8 Å². The topological polar surface area (TPSA) is 68.6 Å². The van der Waals surface area contributed by atoms with Crippen molar-refractivity contribution in [2.24, 2.45) is 5.92 Å². The smallest absolute Gasteiger partial charge is 0.251 e. The van der Waals surface area contributed by atoms with Crippen LogP contribution < -0.4 is 15.0 Å². The van der Waals surface area contributed by atoms with Gasteiger partial charge in [-0.15, -0.1) is 11.8 Å². The second kappa shape index (κ2) is 18.7. The molecule has 0 saturated heterocycles. The molecular weight excluding hydrogens is 629 g/mol. The van der Waals surface area contributed by atoms with Crippen molar-refractivity contribution in [3.8, 4) is 16.9 Å². The van der Waals surface area contributed by atoms with E-state index in [9.17, 15) is 4.79 Å². The first-order chi connectivity index (χ1) is 23.9. The van der Waals surface area contributed by atoms with Gasteiger partial charge in [0.05, 0.1) is 12.9 Å². The number of thioether (sulfide) groups is 1. The average molecular weight is 681 g/mol. The highest BCUT2D eigenvalue weighted by molar-refractivity contribution is 7.98. The van der Waals surface area contributed by atoms with Gasteiger partial charge in [0.25, 0.3) is 5.91 Å². The number of ether oxygens (including phenoxy) is 2. The summed E-state index contributed by atoms with van der Waals surface area (Å²) < 4.78 is 13.7. The minimum atomic E-state index is -0.0438. The number of carbonyl (C=O) groups excluding carboxylic acids is 1. The Morgan fingerprint density at radius 1 is 0.959 bits per heavy atom. The van der Waals surface area contributed by atoms with E-state index < -0.39 is 0 Å². The lowest BCUT2D eigenvalue weighted by atomic mass is 9.96. The molecule has 1 aliphatic rings. The van der Waals surface area contributed by atoms with Crippen LogP contribution in [0.1, 0.15) is 71.1 Å². The first kappa shape index (κ1) is 36.3. The lowest BCUT2D eigenvalue weighted by Crippen LogP contribution is -2.30. The Balaban J connectivity index is 1.28. The number of unbranched alkanes of at least 4 members (excludes halogenated alkanes) is 1. The molecule has 0 bridgehead atoms. The Hall–Kier alpha value is -4.01. The normalized spacial score (nSPS) is 13.1. The summed E-state index contributed by atoms with van der Waals surface area (Å²) >= 11 is 1.78. The van der Waals surface area contributed by atoms with Gasteiger partial charge in [0.15, 0.2) is 0 Å². The second-order valence-corrected chi connectivity index (χ2v) is 14.1. The zero-order valence-electron chi connectivity index (χ0n) is 29.6. The van der Waals surface area contributed by atoms with Crippen LogP contribution in [0, 0.1) is 5.92 Å². The molecule has 0 radical (unpaired) electrons. The Kier molecular flexibility index (Phi) is 13.8. The third kappa shape index (κ3) is 10.7. The summed E-state index contributed by atoms with van der Waals surface area (Å²) in [4.78, 5) is 21.6. The summed E-state index contributed by atoms with van der Waals surface area (Å²) in [6.07, 6.45) is 10.9. The van der Waals surface area contributed by atoms with Gasteiger partial charge < -0.3 is 24.3 Å². The van der Waals surface area contributed by atoms with Crippen LogP contribution in [-0.2, 0) is 21.8 Å². The average Bonchev–Trinajstić information content (AvgIpc) is 3.54. The molecule has 4 aromatic rings. The summed E-state index contributed by atoms with van der Waals surface area (Å²) in [6, 6.07) is 23.0. The fourth-order valence-electron chi connectivity index (χ4n) is 6.01. The van der Waals surface area contributed by atoms with Crippen LogP contribution in [0.25, 0.3) is 17.2 Å². The van der Waals surface area contributed by atoms with Gasteiger partial charge in [-0.1, -0.05) is 52.3 Å². The molecule has 1 aliphatic heterocycles. The fourth-order valence-corrected chi connectivity index (χ4v) is 6.90. The summed E-state index contributed by atoms with van der Waals surface area (Å²) in [6.45, 7) is 13.6. The maximum Gasteiger partial charge on any atom is 0.251 e. The predicted octanol–water partition coefficient (Wildman–Crippen LogP) is 9.73. The van der Waals surface area contributed by atoms with E-state index >= 15 is 0 Å². The van der Waals surface area contributed by atoms with Crippen LogP contribution in [0.5, 0.6) is 5.75 Å². The molecule has 7 nitrogen and oxygen atoms in total. The van der Waals surface area contributed by atoms with E-state index in [4.69, 9.17) is 9.47 Å². The third-order valence-corrected chi connectivity index (χ3v) is 9.58. The van der Waals surface area contributed by atoms with Gasteiger partial charge in [-0.2, -0.15) is 0 Å². The largest absolute Gasteiger partial charge is 0.491 e. The van der Waals surface area contributed by atoms with Crippen LogP contribution in [0.2, 0.25) is 0 Å². The van der Waals surface area contributed by atoms with E-state index in [0.717, 1.165) is 103 Å². The number of imidazole rings is 1. The van der Waals surface area contributed by atoms with Crippen molar-refractivity contribution < 1.29 is 14.3 Å². The number of benzene rings is 3. The van der Waals surface area contributed by atoms with Gasteiger partial charge in [-0.3, -0.25) is 4.79 Å². The molecule has 0 unspecified atom stereocenters. The summed E-state index contributed by atoms with van der Waals surface area (Å²) in [5.41, 5.74) is 7.29. The van der Waals surface area contributed by atoms with Crippen molar-refractivity contribution in [3.05, 3.63) is 96.1 Å². The lowest BCUT2D eigenvalue weighted by Gasteiger charge is -2.30. The Labute approximate surface area is 297 Å². The highest BCUT2D eigenvalue weighted by atomic mass is 32.2. The highest BCUT2D eigenvalue weighted by Crippen LogP contribution is 2.33. The Morgan fingerprint density at radius 3 is 2.51 bits per heavy atom. The number of anilines is 2. The molecule has 49 heavy (non-hydrogen) atoms. The van der Waals surface area contributed by atoms with Crippen molar-refractivity contribution in [2.75, 3.05) is 43.1 Å². The minimum Gasteiger partial charge on any atom is -0.491 e. The SMILES string of the molecule is CCCCOCCOc1ccc(-c2ccc3c(c2)C=C(C(=O)Nc2ccc(SCc4cncn4CCC)cc2)CCCN3CC(C)C)cc1. The monoisotopic (exact) mass is 680 g/mol. The molecule has 1 amide bonds. The summed E-state index contributed by atoms with van der Waals surface area (Å²) in [5, 5.41) is 3.17. The molecule has 1 aromatic heterocycles. The Morgan fingerprint density at radius 2 is 1.76 bits per heavy atom. The number of nitrogens with one attached hydrogen (secondary N) is 1. The molecule has 2 heterocycles. The first-order valence-electron chi connectivity index (χ1n) is 17.9. The standard InChI is InChI=1S/C41H52N4O3S/c1-5-7-22-47-23-24-48-38-15-10-32(11-16-38)33-12-19-40-35(25-33)26-34(9-8-21-44(40)28-31(3)4)41(46)43-36-13-17-39(18-14-36)49-29-37-27-42-30-45(37)20-6-2/h10-19,25-27,30-31H,5-9,20-24,28-29H2,1-4H3,(H,43,46). The molecular formula is C41H52N4O3S. The minimum absolute atomic E-state index is 0.0438. The number of fused-ring (bicyclic) bond motifs is 1. The molecule has 0 aliphatic carbocycles. The van der Waals surface area contributed by atoms with Gasteiger partial charge in [-0.05, 0) is 103 Å². The zero-order valence-corrected chi connectivity index (χ0v) is 30.4.